The molecule has 1 saturated heterocycles. The molecule has 2 aliphatic rings. The highest BCUT2D eigenvalue weighted by atomic mass is 16.5. The van der Waals surface area contributed by atoms with Crippen molar-refractivity contribution in [1.29, 1.82) is 0 Å². The van der Waals surface area contributed by atoms with Crippen molar-refractivity contribution >= 4 is 5.97 Å². The third kappa shape index (κ3) is 3.44. The number of carbonyl (C=O) groups excluding carboxylic acids is 1. The van der Waals surface area contributed by atoms with Gasteiger partial charge in [-0.25, -0.2) is 0 Å². The number of hydrogen-bond donors (Lipinski definition) is 1. The van der Waals surface area contributed by atoms with Crippen LogP contribution in [0.25, 0.3) is 0 Å². The Morgan fingerprint density at radius 2 is 2.12 bits per heavy atom. The second-order valence-corrected chi connectivity index (χ2v) is 6.01. The van der Waals surface area contributed by atoms with Crippen LogP contribution in [-0.4, -0.2) is 25.7 Å². The minimum atomic E-state index is 0.0146. The van der Waals surface area contributed by atoms with E-state index in [-0.39, 0.29) is 11.9 Å². The number of hydrogen-bond acceptors (Lipinski definition) is 3. The first kappa shape index (κ1) is 12.9. The molecule has 17 heavy (non-hydrogen) atoms. The summed E-state index contributed by atoms with van der Waals surface area (Å²) in [6.45, 7) is 6.80. The van der Waals surface area contributed by atoms with Crippen molar-refractivity contribution in [3.63, 3.8) is 0 Å². The Morgan fingerprint density at radius 1 is 1.29 bits per heavy atom. The number of rotatable bonds is 3. The summed E-state index contributed by atoms with van der Waals surface area (Å²) in [4.78, 5) is 11.9. The predicted molar refractivity (Wildman–Crippen MR) is 67.6 cm³/mol. The second kappa shape index (κ2) is 5.85. The SMILES string of the molecule is CC1CCCC(COC(=O)C2CNCC2C)C1. The van der Waals surface area contributed by atoms with Crippen LogP contribution in [0.4, 0.5) is 0 Å². The van der Waals surface area contributed by atoms with Crippen molar-refractivity contribution < 1.29 is 9.53 Å². The first-order valence-corrected chi connectivity index (χ1v) is 7.04. The average molecular weight is 239 g/mol. The van der Waals surface area contributed by atoms with Gasteiger partial charge >= 0.3 is 5.97 Å². The molecule has 3 heteroatoms. The Kier molecular flexibility index (Phi) is 4.43. The lowest BCUT2D eigenvalue weighted by atomic mass is 9.83. The van der Waals surface area contributed by atoms with Gasteiger partial charge in [-0.1, -0.05) is 26.7 Å². The maximum atomic E-state index is 11.9. The molecule has 4 atom stereocenters. The summed E-state index contributed by atoms with van der Waals surface area (Å²) in [7, 11) is 0. The van der Waals surface area contributed by atoms with Crippen LogP contribution in [0.15, 0.2) is 0 Å². The molecule has 1 heterocycles. The number of nitrogens with one attached hydrogen (secondary N) is 1. The summed E-state index contributed by atoms with van der Waals surface area (Å²) in [5, 5.41) is 3.25. The molecular weight excluding hydrogens is 214 g/mol. The Hall–Kier alpha value is -0.570. The van der Waals surface area contributed by atoms with E-state index >= 15 is 0 Å². The van der Waals surface area contributed by atoms with E-state index in [1.54, 1.807) is 0 Å². The molecule has 1 saturated carbocycles. The summed E-state index contributed by atoms with van der Waals surface area (Å²) >= 11 is 0. The molecule has 1 aliphatic carbocycles. The molecule has 0 amide bonds. The third-order valence-corrected chi connectivity index (χ3v) is 4.33. The van der Waals surface area contributed by atoms with Gasteiger partial charge < -0.3 is 10.1 Å². The van der Waals surface area contributed by atoms with E-state index in [0.717, 1.165) is 19.0 Å². The number of esters is 1. The molecule has 0 aromatic rings. The monoisotopic (exact) mass is 239 g/mol. The van der Waals surface area contributed by atoms with Crippen molar-refractivity contribution in [2.75, 3.05) is 19.7 Å². The number of ether oxygens (including phenoxy) is 1. The maximum Gasteiger partial charge on any atom is 0.310 e. The first-order chi connectivity index (χ1) is 8.16. The van der Waals surface area contributed by atoms with E-state index in [1.165, 1.54) is 25.7 Å². The van der Waals surface area contributed by atoms with Gasteiger partial charge in [0.2, 0.25) is 0 Å². The standard InChI is InChI=1S/C14H25NO2/c1-10-4-3-5-12(6-10)9-17-14(16)13-8-15-7-11(13)2/h10-13,15H,3-9H2,1-2H3. The highest BCUT2D eigenvalue weighted by Gasteiger charge is 2.31. The molecule has 1 aliphatic heterocycles. The molecule has 0 spiro atoms. The second-order valence-electron chi connectivity index (χ2n) is 6.01. The molecule has 2 rings (SSSR count). The van der Waals surface area contributed by atoms with E-state index in [0.29, 0.717) is 18.4 Å². The molecule has 4 unspecified atom stereocenters. The van der Waals surface area contributed by atoms with Crippen LogP contribution in [0.1, 0.15) is 39.5 Å². The summed E-state index contributed by atoms with van der Waals surface area (Å²) < 4.78 is 5.51. The van der Waals surface area contributed by atoms with Gasteiger partial charge in [0.25, 0.3) is 0 Å². The first-order valence-electron chi connectivity index (χ1n) is 7.04. The summed E-state index contributed by atoms with van der Waals surface area (Å²) in [6.07, 6.45) is 5.10. The molecular formula is C14H25NO2. The summed E-state index contributed by atoms with van der Waals surface area (Å²) in [5.41, 5.74) is 0. The van der Waals surface area contributed by atoms with Gasteiger partial charge in [0, 0.05) is 6.54 Å². The van der Waals surface area contributed by atoms with Crippen LogP contribution < -0.4 is 5.32 Å². The van der Waals surface area contributed by atoms with E-state index in [1.807, 2.05) is 0 Å². The zero-order chi connectivity index (χ0) is 12.3. The molecule has 0 radical (unpaired) electrons. The molecule has 0 aromatic heterocycles. The lowest BCUT2D eigenvalue weighted by molar-refractivity contribution is -0.150. The Balaban J connectivity index is 1.72. The van der Waals surface area contributed by atoms with E-state index in [2.05, 4.69) is 19.2 Å². The minimum Gasteiger partial charge on any atom is -0.465 e. The van der Waals surface area contributed by atoms with Crippen LogP contribution in [0.3, 0.4) is 0 Å². The van der Waals surface area contributed by atoms with Gasteiger partial charge in [-0.2, -0.15) is 0 Å². The molecule has 1 N–H and O–H groups in total. The van der Waals surface area contributed by atoms with E-state index < -0.39 is 0 Å². The van der Waals surface area contributed by atoms with Gasteiger partial charge in [0.05, 0.1) is 12.5 Å². The van der Waals surface area contributed by atoms with Crippen molar-refractivity contribution in [3.8, 4) is 0 Å². The van der Waals surface area contributed by atoms with E-state index in [4.69, 9.17) is 4.74 Å². The van der Waals surface area contributed by atoms with Crippen LogP contribution >= 0.6 is 0 Å². The van der Waals surface area contributed by atoms with Crippen LogP contribution in [0.2, 0.25) is 0 Å². The fourth-order valence-electron chi connectivity index (χ4n) is 3.14. The van der Waals surface area contributed by atoms with Crippen molar-refractivity contribution in [2.24, 2.45) is 23.7 Å². The molecule has 0 aromatic carbocycles. The van der Waals surface area contributed by atoms with Gasteiger partial charge in [-0.05, 0) is 37.1 Å². The maximum absolute atomic E-state index is 11.9. The zero-order valence-electron chi connectivity index (χ0n) is 11.1. The van der Waals surface area contributed by atoms with Crippen molar-refractivity contribution in [1.82, 2.24) is 5.32 Å². The zero-order valence-corrected chi connectivity index (χ0v) is 11.1. The van der Waals surface area contributed by atoms with Crippen LogP contribution in [0.5, 0.6) is 0 Å². The average Bonchev–Trinajstić information content (AvgIpc) is 2.72. The van der Waals surface area contributed by atoms with E-state index in [9.17, 15) is 4.79 Å². The third-order valence-electron chi connectivity index (χ3n) is 4.33. The largest absolute Gasteiger partial charge is 0.465 e. The normalized spacial score (nSPS) is 38.0. The fourth-order valence-corrected chi connectivity index (χ4v) is 3.14. The topological polar surface area (TPSA) is 38.3 Å². The highest BCUT2D eigenvalue weighted by molar-refractivity contribution is 5.73. The van der Waals surface area contributed by atoms with Crippen LogP contribution in [0, 0.1) is 23.7 Å². The quantitative estimate of drug-likeness (QED) is 0.767. The Morgan fingerprint density at radius 3 is 2.76 bits per heavy atom. The van der Waals surface area contributed by atoms with Gasteiger partial charge in [0.1, 0.15) is 0 Å². The highest BCUT2D eigenvalue weighted by Crippen LogP contribution is 2.29. The Bertz CT molecular complexity index is 267. The minimum absolute atomic E-state index is 0.0146. The molecule has 2 fully saturated rings. The molecule has 3 nitrogen and oxygen atoms in total. The lowest BCUT2D eigenvalue weighted by Gasteiger charge is -2.26. The van der Waals surface area contributed by atoms with Gasteiger partial charge in [0.15, 0.2) is 0 Å². The lowest BCUT2D eigenvalue weighted by Crippen LogP contribution is -2.27. The molecule has 98 valence electrons. The summed E-state index contributed by atoms with van der Waals surface area (Å²) in [5.74, 6) is 1.93. The fraction of sp³-hybridized carbons (Fsp3) is 0.929. The van der Waals surface area contributed by atoms with Gasteiger partial charge in [-0.15, -0.1) is 0 Å². The van der Waals surface area contributed by atoms with Crippen LogP contribution in [-0.2, 0) is 9.53 Å². The number of carbonyl (C=O) groups is 1. The van der Waals surface area contributed by atoms with Gasteiger partial charge in [-0.3, -0.25) is 4.79 Å². The molecule has 0 bridgehead atoms. The summed E-state index contributed by atoms with van der Waals surface area (Å²) in [6, 6.07) is 0. The van der Waals surface area contributed by atoms with Crippen molar-refractivity contribution in [2.45, 2.75) is 39.5 Å². The van der Waals surface area contributed by atoms with Crippen molar-refractivity contribution in [3.05, 3.63) is 0 Å². The smallest absolute Gasteiger partial charge is 0.310 e. The Labute approximate surface area is 104 Å². The predicted octanol–water partition coefficient (Wildman–Crippen LogP) is 2.21.